The van der Waals surface area contributed by atoms with Gasteiger partial charge in [0.25, 0.3) is 0 Å². The van der Waals surface area contributed by atoms with Crippen molar-refractivity contribution in [3.8, 4) is 18.0 Å². The van der Waals surface area contributed by atoms with E-state index in [4.69, 9.17) is 11.6 Å². The number of nitrogens with one attached hydrogen (secondary N) is 1. The van der Waals surface area contributed by atoms with E-state index in [-0.39, 0.29) is 28.9 Å². The van der Waals surface area contributed by atoms with E-state index >= 15 is 0 Å². The zero-order chi connectivity index (χ0) is 27.8. The van der Waals surface area contributed by atoms with Gasteiger partial charge in [-0.1, -0.05) is 36.7 Å². The van der Waals surface area contributed by atoms with Crippen molar-refractivity contribution in [3.63, 3.8) is 0 Å². The Morgan fingerprint density at radius 2 is 1.87 bits per heavy atom. The highest BCUT2D eigenvalue weighted by molar-refractivity contribution is 6.29. The van der Waals surface area contributed by atoms with Gasteiger partial charge in [0, 0.05) is 24.3 Å². The number of azo groups is 1. The van der Waals surface area contributed by atoms with Crippen molar-refractivity contribution >= 4 is 46.1 Å². The number of hydrogen-bond acceptors (Lipinski definition) is 9. The van der Waals surface area contributed by atoms with E-state index in [1.165, 1.54) is 4.68 Å². The molecule has 0 bridgehead atoms. The summed E-state index contributed by atoms with van der Waals surface area (Å²) in [5.74, 6) is 0.258. The molecule has 0 aliphatic rings. The molecule has 2 heterocycles. The van der Waals surface area contributed by atoms with Crippen LogP contribution < -0.4 is 10.2 Å². The van der Waals surface area contributed by atoms with Crippen molar-refractivity contribution < 1.29 is 4.79 Å². The van der Waals surface area contributed by atoms with Gasteiger partial charge < -0.3 is 10.2 Å². The second-order valence-corrected chi connectivity index (χ2v) is 8.61. The summed E-state index contributed by atoms with van der Waals surface area (Å²) in [5, 5.41) is 43.0. The van der Waals surface area contributed by atoms with Crippen LogP contribution in [-0.4, -0.2) is 32.4 Å². The molecule has 0 aliphatic carbocycles. The Morgan fingerprint density at radius 1 is 1.08 bits per heavy atom. The largest absolute Gasteiger partial charge is 0.340 e. The summed E-state index contributed by atoms with van der Waals surface area (Å²) in [5.41, 5.74) is 3.11. The molecule has 0 radical (unpaired) electrons. The molecule has 0 spiro atoms. The third-order valence-corrected chi connectivity index (χ3v) is 5.84. The number of hydrogen-bond donors (Lipinski definition) is 1. The predicted octanol–water partition coefficient (Wildman–Crippen LogP) is 6.31. The molecule has 0 saturated heterocycles. The van der Waals surface area contributed by atoms with Crippen LogP contribution in [0.1, 0.15) is 31.0 Å². The topological polar surface area (TPSA) is 148 Å². The maximum Gasteiger partial charge on any atom is 0.224 e. The molecule has 0 saturated carbocycles. The Bertz CT molecular complexity index is 1580. The van der Waals surface area contributed by atoms with E-state index in [1.54, 1.807) is 38.1 Å². The predicted molar refractivity (Wildman–Crippen MR) is 147 cm³/mol. The quantitative estimate of drug-likeness (QED) is 0.245. The summed E-state index contributed by atoms with van der Waals surface area (Å²) in [6, 6.07) is 22.4. The maximum atomic E-state index is 12.4. The van der Waals surface area contributed by atoms with Crippen molar-refractivity contribution in [1.82, 2.24) is 20.0 Å². The van der Waals surface area contributed by atoms with Crippen LogP contribution in [0.2, 0.25) is 5.15 Å². The average Bonchev–Trinajstić information content (AvgIpc) is 3.28. The van der Waals surface area contributed by atoms with E-state index in [2.05, 4.69) is 43.0 Å². The van der Waals surface area contributed by atoms with Crippen molar-refractivity contribution in [2.75, 3.05) is 16.8 Å². The highest BCUT2D eigenvalue weighted by Crippen LogP contribution is 2.35. The zero-order valence-corrected chi connectivity index (χ0v) is 22.0. The average molecular weight is 539 g/mol. The number of anilines is 3. The Labute approximate surface area is 230 Å². The summed E-state index contributed by atoms with van der Waals surface area (Å²) in [4.78, 5) is 14.4. The van der Waals surface area contributed by atoms with Crippen LogP contribution in [0.15, 0.2) is 70.9 Å². The Morgan fingerprint density at radius 3 is 2.54 bits per heavy atom. The number of nitrogens with zero attached hydrogens (tertiary/aromatic N) is 9. The lowest BCUT2D eigenvalue weighted by Gasteiger charge is -2.25. The van der Waals surface area contributed by atoms with Crippen LogP contribution in [0.25, 0.3) is 5.82 Å². The first-order valence-corrected chi connectivity index (χ1v) is 12.4. The fourth-order valence-corrected chi connectivity index (χ4v) is 3.82. The first-order valence-electron chi connectivity index (χ1n) is 12.0. The van der Waals surface area contributed by atoms with Crippen LogP contribution >= 0.6 is 11.6 Å². The van der Waals surface area contributed by atoms with Crippen LogP contribution in [0.5, 0.6) is 0 Å². The molecule has 39 heavy (non-hydrogen) atoms. The van der Waals surface area contributed by atoms with Gasteiger partial charge in [0.2, 0.25) is 5.91 Å². The van der Waals surface area contributed by atoms with Crippen LogP contribution in [-0.2, 0) is 4.79 Å². The van der Waals surface area contributed by atoms with Gasteiger partial charge in [-0.2, -0.15) is 20.3 Å². The highest BCUT2D eigenvalue weighted by atomic mass is 35.5. The van der Waals surface area contributed by atoms with Gasteiger partial charge in [0.05, 0.1) is 23.9 Å². The molecule has 12 heteroatoms. The van der Waals surface area contributed by atoms with Crippen molar-refractivity contribution in [2.45, 2.75) is 26.7 Å². The van der Waals surface area contributed by atoms with Crippen molar-refractivity contribution in [3.05, 3.63) is 77.1 Å². The second kappa shape index (κ2) is 12.4. The summed E-state index contributed by atoms with van der Waals surface area (Å²) in [7, 11) is 0. The van der Waals surface area contributed by atoms with E-state index in [9.17, 15) is 15.3 Å². The number of aromatic nitrogens is 4. The number of para-hydroxylation sites is 1. The lowest BCUT2D eigenvalue weighted by molar-refractivity contribution is -0.115. The van der Waals surface area contributed by atoms with Crippen LogP contribution in [0.4, 0.5) is 28.6 Å². The number of carbonyl (C=O) groups excluding carboxylic acids is 1. The summed E-state index contributed by atoms with van der Waals surface area (Å²) < 4.78 is 1.36. The molecule has 0 aliphatic heterocycles. The summed E-state index contributed by atoms with van der Waals surface area (Å²) in [6.07, 6.45) is 0.568. The van der Waals surface area contributed by atoms with Crippen LogP contribution in [0, 0.1) is 29.6 Å². The molecule has 1 amide bonds. The third-order valence-electron chi connectivity index (χ3n) is 5.64. The number of amides is 1. The molecule has 0 unspecified atom stereocenters. The first-order chi connectivity index (χ1) is 18.9. The smallest absolute Gasteiger partial charge is 0.224 e. The Hall–Kier alpha value is -5.13. The standard InChI is InChI=1S/C27H23ClN10O/c1-3-26(39)31-23-16-20(37(15-7-14-29)19-8-5-4-6-9-19)10-11-22(23)32-35-27-21(17-30)18(2)36-38(27)25-13-12-24(28)33-34-25/h4-6,8-13,16H,3,7,15H2,1-2H3,(H,31,39). The molecule has 2 aromatic heterocycles. The van der Waals surface area contributed by atoms with E-state index in [1.807, 2.05) is 41.3 Å². The molecular weight excluding hydrogens is 516 g/mol. The van der Waals surface area contributed by atoms with Gasteiger partial charge in [-0.05, 0) is 49.4 Å². The summed E-state index contributed by atoms with van der Waals surface area (Å²) in [6.45, 7) is 3.88. The van der Waals surface area contributed by atoms with Gasteiger partial charge in [0.1, 0.15) is 17.3 Å². The maximum absolute atomic E-state index is 12.4. The van der Waals surface area contributed by atoms with Gasteiger partial charge in [-0.15, -0.1) is 20.4 Å². The van der Waals surface area contributed by atoms with Gasteiger partial charge in [0.15, 0.2) is 16.8 Å². The second-order valence-electron chi connectivity index (χ2n) is 8.22. The molecule has 1 N–H and O–H groups in total. The van der Waals surface area contributed by atoms with E-state index < -0.39 is 0 Å². The van der Waals surface area contributed by atoms with Gasteiger partial charge in [-0.3, -0.25) is 4.79 Å². The van der Waals surface area contributed by atoms with Gasteiger partial charge >= 0.3 is 0 Å². The van der Waals surface area contributed by atoms with Crippen molar-refractivity contribution in [2.24, 2.45) is 10.2 Å². The van der Waals surface area contributed by atoms with Gasteiger partial charge in [-0.25, -0.2) is 0 Å². The fourth-order valence-electron chi connectivity index (χ4n) is 3.72. The van der Waals surface area contributed by atoms with E-state index in [0.29, 0.717) is 35.9 Å². The molecular formula is C27H23ClN10O. The number of rotatable bonds is 9. The molecule has 2 aromatic carbocycles. The Balaban J connectivity index is 1.78. The fraction of sp³-hybridized carbons (Fsp3) is 0.185. The van der Waals surface area contributed by atoms with E-state index in [0.717, 1.165) is 11.4 Å². The Kier molecular flexibility index (Phi) is 8.57. The minimum absolute atomic E-state index is 0.156. The normalized spacial score (nSPS) is 10.7. The lowest BCUT2D eigenvalue weighted by atomic mass is 10.2. The molecule has 0 fully saturated rings. The number of carbonyl (C=O) groups is 1. The zero-order valence-electron chi connectivity index (χ0n) is 21.2. The summed E-state index contributed by atoms with van der Waals surface area (Å²) >= 11 is 5.87. The molecule has 4 aromatic rings. The number of nitriles is 2. The third kappa shape index (κ3) is 6.24. The number of aryl methyl sites for hydroxylation is 1. The molecule has 194 valence electrons. The monoisotopic (exact) mass is 538 g/mol. The van der Waals surface area contributed by atoms with Crippen LogP contribution in [0.3, 0.4) is 0 Å². The number of benzene rings is 2. The highest BCUT2D eigenvalue weighted by Gasteiger charge is 2.19. The lowest BCUT2D eigenvalue weighted by Crippen LogP contribution is -2.18. The molecule has 0 atom stereocenters. The SMILES string of the molecule is CCC(=O)Nc1cc(N(CCC#N)c2ccccc2)ccc1N=Nc1c(C#N)c(C)nn1-c1ccc(Cl)nn1. The minimum Gasteiger partial charge on any atom is -0.340 e. The number of halogens is 1. The molecule has 11 nitrogen and oxygen atoms in total. The van der Waals surface area contributed by atoms with Crippen molar-refractivity contribution in [1.29, 1.82) is 10.5 Å². The first kappa shape index (κ1) is 26.9. The molecule has 4 rings (SSSR count). The minimum atomic E-state index is -0.207.